The minimum Gasteiger partial charge on any atom is -0.493 e. The molecule has 6 nitrogen and oxygen atoms in total. The SMILES string of the molecule is COc1cc2nc(CCc3ccccc3)nc(N3CCN(c4ccccc4F)CC3)c2cc1OC. The monoisotopic (exact) mass is 472 g/mol. The average molecular weight is 473 g/mol. The van der Waals surface area contributed by atoms with Gasteiger partial charge < -0.3 is 19.3 Å². The lowest BCUT2D eigenvalue weighted by atomic mass is 10.1. The van der Waals surface area contributed by atoms with Crippen molar-refractivity contribution in [2.24, 2.45) is 0 Å². The van der Waals surface area contributed by atoms with Gasteiger partial charge in [-0.15, -0.1) is 0 Å². The van der Waals surface area contributed by atoms with Crippen LogP contribution in [0.15, 0.2) is 66.7 Å². The van der Waals surface area contributed by atoms with Crippen molar-refractivity contribution in [3.63, 3.8) is 0 Å². The van der Waals surface area contributed by atoms with Crippen LogP contribution in [0.25, 0.3) is 10.9 Å². The first-order chi connectivity index (χ1) is 17.2. The van der Waals surface area contributed by atoms with Crippen LogP contribution >= 0.6 is 0 Å². The molecule has 0 amide bonds. The number of nitrogens with zero attached hydrogens (tertiary/aromatic N) is 4. The number of fused-ring (bicyclic) bond motifs is 1. The van der Waals surface area contributed by atoms with Crippen LogP contribution in [0.5, 0.6) is 11.5 Å². The predicted molar refractivity (Wildman–Crippen MR) is 137 cm³/mol. The van der Waals surface area contributed by atoms with Crippen molar-refractivity contribution in [1.82, 2.24) is 9.97 Å². The lowest BCUT2D eigenvalue weighted by molar-refractivity contribution is 0.355. The number of ether oxygens (including phenoxy) is 2. The molecule has 0 bridgehead atoms. The van der Waals surface area contributed by atoms with Crippen LogP contribution in [0.1, 0.15) is 11.4 Å². The predicted octanol–water partition coefficient (Wildman–Crippen LogP) is 4.90. The van der Waals surface area contributed by atoms with E-state index in [-0.39, 0.29) is 5.82 Å². The highest BCUT2D eigenvalue weighted by Crippen LogP contribution is 2.36. The van der Waals surface area contributed by atoms with Crippen LogP contribution < -0.4 is 19.3 Å². The van der Waals surface area contributed by atoms with E-state index >= 15 is 0 Å². The molecule has 0 N–H and O–H groups in total. The van der Waals surface area contributed by atoms with E-state index in [4.69, 9.17) is 19.4 Å². The summed E-state index contributed by atoms with van der Waals surface area (Å²) in [6, 6.07) is 21.2. The minimum absolute atomic E-state index is 0.187. The first kappa shape index (κ1) is 22.9. The zero-order valence-electron chi connectivity index (χ0n) is 20.1. The van der Waals surface area contributed by atoms with Crippen LogP contribution in [-0.4, -0.2) is 50.4 Å². The molecule has 180 valence electrons. The smallest absolute Gasteiger partial charge is 0.162 e. The van der Waals surface area contributed by atoms with E-state index < -0.39 is 0 Å². The van der Waals surface area contributed by atoms with Gasteiger partial charge in [0.1, 0.15) is 17.5 Å². The van der Waals surface area contributed by atoms with Gasteiger partial charge in [0.25, 0.3) is 0 Å². The lowest BCUT2D eigenvalue weighted by Gasteiger charge is -2.37. The molecule has 2 heterocycles. The molecule has 0 aliphatic carbocycles. The molecule has 0 unspecified atom stereocenters. The van der Waals surface area contributed by atoms with Crippen molar-refractivity contribution in [3.05, 3.63) is 83.9 Å². The number of rotatable bonds is 7. The van der Waals surface area contributed by atoms with Gasteiger partial charge in [-0.2, -0.15) is 0 Å². The molecule has 0 atom stereocenters. The van der Waals surface area contributed by atoms with Gasteiger partial charge in [-0.05, 0) is 30.2 Å². The van der Waals surface area contributed by atoms with Crippen molar-refractivity contribution in [2.45, 2.75) is 12.8 Å². The van der Waals surface area contributed by atoms with Crippen LogP contribution in [0.3, 0.4) is 0 Å². The summed E-state index contributed by atoms with van der Waals surface area (Å²) in [4.78, 5) is 14.2. The zero-order chi connectivity index (χ0) is 24.2. The standard InChI is InChI=1S/C28H29FN4O2/c1-34-25-18-21-23(19-26(25)35-2)30-27(13-12-20-8-4-3-5-9-20)31-28(21)33-16-14-32(15-17-33)24-11-7-6-10-22(24)29/h3-11,18-19H,12-17H2,1-2H3. The van der Waals surface area contributed by atoms with E-state index in [1.54, 1.807) is 20.3 Å². The van der Waals surface area contributed by atoms with E-state index in [2.05, 4.69) is 21.9 Å². The summed E-state index contributed by atoms with van der Waals surface area (Å²) in [5.41, 5.74) is 2.73. The fraction of sp³-hybridized carbons (Fsp3) is 0.286. The largest absolute Gasteiger partial charge is 0.493 e. The van der Waals surface area contributed by atoms with Gasteiger partial charge in [-0.3, -0.25) is 0 Å². The topological polar surface area (TPSA) is 50.7 Å². The van der Waals surface area contributed by atoms with E-state index in [9.17, 15) is 4.39 Å². The Morgan fingerprint density at radius 2 is 1.43 bits per heavy atom. The number of aryl methyl sites for hydroxylation is 2. The van der Waals surface area contributed by atoms with Crippen molar-refractivity contribution < 1.29 is 13.9 Å². The van der Waals surface area contributed by atoms with E-state index in [1.165, 1.54) is 11.6 Å². The number of hydrogen-bond acceptors (Lipinski definition) is 6. The maximum absolute atomic E-state index is 14.3. The van der Waals surface area contributed by atoms with Crippen LogP contribution in [-0.2, 0) is 12.8 Å². The number of methoxy groups -OCH3 is 2. The average Bonchev–Trinajstić information content (AvgIpc) is 2.91. The van der Waals surface area contributed by atoms with Gasteiger partial charge >= 0.3 is 0 Å². The molecule has 3 aromatic carbocycles. The first-order valence-electron chi connectivity index (χ1n) is 11.9. The molecule has 1 aliphatic heterocycles. The highest BCUT2D eigenvalue weighted by molar-refractivity contribution is 5.92. The third-order valence-corrected chi connectivity index (χ3v) is 6.48. The number of halogens is 1. The Labute approximate surface area is 204 Å². The number of benzene rings is 3. The number of anilines is 2. The van der Waals surface area contributed by atoms with Crippen molar-refractivity contribution in [2.75, 3.05) is 50.2 Å². The van der Waals surface area contributed by atoms with Gasteiger partial charge in [0, 0.05) is 44.1 Å². The maximum Gasteiger partial charge on any atom is 0.162 e. The van der Waals surface area contributed by atoms with Crippen LogP contribution in [0.4, 0.5) is 15.9 Å². The van der Waals surface area contributed by atoms with Crippen LogP contribution in [0, 0.1) is 5.82 Å². The fourth-order valence-corrected chi connectivity index (χ4v) is 4.61. The van der Waals surface area contributed by atoms with Crippen molar-refractivity contribution >= 4 is 22.4 Å². The molecular weight excluding hydrogens is 443 g/mol. The van der Waals surface area contributed by atoms with Crippen LogP contribution in [0.2, 0.25) is 0 Å². The Balaban J connectivity index is 1.47. The number of piperazine rings is 1. The van der Waals surface area contributed by atoms with Gasteiger partial charge in [0.2, 0.25) is 0 Å². The molecule has 35 heavy (non-hydrogen) atoms. The Hall–Kier alpha value is -3.87. The Morgan fingerprint density at radius 1 is 0.771 bits per heavy atom. The third kappa shape index (κ3) is 4.85. The highest BCUT2D eigenvalue weighted by Gasteiger charge is 2.23. The molecule has 0 spiro atoms. The van der Waals surface area contributed by atoms with E-state index in [0.29, 0.717) is 30.3 Å². The summed E-state index contributed by atoms with van der Waals surface area (Å²) < 4.78 is 25.4. The molecule has 1 saturated heterocycles. The van der Waals surface area contributed by atoms with Gasteiger partial charge in [0.05, 0.1) is 25.4 Å². The number of aromatic nitrogens is 2. The molecule has 1 fully saturated rings. The summed E-state index contributed by atoms with van der Waals surface area (Å²) in [6.07, 6.45) is 1.59. The lowest BCUT2D eigenvalue weighted by Crippen LogP contribution is -2.47. The van der Waals surface area contributed by atoms with E-state index in [0.717, 1.165) is 48.5 Å². The minimum atomic E-state index is -0.187. The molecule has 4 aromatic rings. The summed E-state index contributed by atoms with van der Waals surface area (Å²) in [5, 5.41) is 0.922. The van der Waals surface area contributed by atoms with Gasteiger partial charge in [0.15, 0.2) is 11.5 Å². The molecule has 0 saturated carbocycles. The van der Waals surface area contributed by atoms with Crippen molar-refractivity contribution in [1.29, 1.82) is 0 Å². The zero-order valence-corrected chi connectivity index (χ0v) is 20.1. The first-order valence-corrected chi connectivity index (χ1v) is 11.9. The normalized spacial score (nSPS) is 13.8. The molecular formula is C28H29FN4O2. The molecule has 7 heteroatoms. The number of para-hydroxylation sites is 1. The molecule has 0 radical (unpaired) electrons. The van der Waals surface area contributed by atoms with E-state index in [1.807, 2.05) is 42.5 Å². The maximum atomic E-state index is 14.3. The van der Waals surface area contributed by atoms with Gasteiger partial charge in [-0.1, -0.05) is 42.5 Å². The quantitative estimate of drug-likeness (QED) is 0.382. The second kappa shape index (κ2) is 10.2. The summed E-state index contributed by atoms with van der Waals surface area (Å²) in [7, 11) is 3.26. The molecule has 1 aromatic heterocycles. The Morgan fingerprint density at radius 3 is 2.14 bits per heavy atom. The van der Waals surface area contributed by atoms with Gasteiger partial charge in [-0.25, -0.2) is 14.4 Å². The summed E-state index contributed by atoms with van der Waals surface area (Å²) >= 11 is 0. The second-order valence-corrected chi connectivity index (χ2v) is 8.60. The Bertz CT molecular complexity index is 1310. The third-order valence-electron chi connectivity index (χ3n) is 6.48. The number of hydrogen-bond donors (Lipinski definition) is 0. The van der Waals surface area contributed by atoms with Crippen molar-refractivity contribution in [3.8, 4) is 11.5 Å². The highest BCUT2D eigenvalue weighted by atomic mass is 19.1. The molecule has 1 aliphatic rings. The second-order valence-electron chi connectivity index (χ2n) is 8.60. The summed E-state index contributed by atoms with van der Waals surface area (Å²) in [6.45, 7) is 2.87. The fourth-order valence-electron chi connectivity index (χ4n) is 4.61. The Kier molecular flexibility index (Phi) is 6.66. The summed E-state index contributed by atoms with van der Waals surface area (Å²) in [5.74, 6) is 2.77. The molecule has 5 rings (SSSR count).